The standard InChI is InChI=1S/C12H22N2O/c1-4-12(15)14(10(2)3)9-11-7-5-6-8-13-11/h4,10-11,13H,1,5-9H2,2-3H3. The summed E-state index contributed by atoms with van der Waals surface area (Å²) in [5.74, 6) is 0.0392. The van der Waals surface area contributed by atoms with Crippen LogP contribution in [0.2, 0.25) is 0 Å². The largest absolute Gasteiger partial charge is 0.335 e. The third kappa shape index (κ3) is 3.67. The van der Waals surface area contributed by atoms with Crippen LogP contribution in [-0.2, 0) is 4.79 Å². The number of amides is 1. The summed E-state index contributed by atoms with van der Waals surface area (Å²) >= 11 is 0. The molecular formula is C12H22N2O. The van der Waals surface area contributed by atoms with Gasteiger partial charge in [0, 0.05) is 18.6 Å². The van der Waals surface area contributed by atoms with Crippen molar-refractivity contribution in [3.05, 3.63) is 12.7 Å². The van der Waals surface area contributed by atoms with Crippen molar-refractivity contribution in [3.63, 3.8) is 0 Å². The van der Waals surface area contributed by atoms with Gasteiger partial charge < -0.3 is 10.2 Å². The minimum atomic E-state index is 0.0392. The van der Waals surface area contributed by atoms with Crippen molar-refractivity contribution < 1.29 is 4.79 Å². The first-order valence-electron chi connectivity index (χ1n) is 5.81. The lowest BCUT2D eigenvalue weighted by Gasteiger charge is -2.32. The maximum atomic E-state index is 11.6. The van der Waals surface area contributed by atoms with Gasteiger partial charge in [-0.05, 0) is 39.3 Å². The Balaban J connectivity index is 2.49. The highest BCUT2D eigenvalue weighted by Gasteiger charge is 2.20. The molecule has 0 radical (unpaired) electrons. The topological polar surface area (TPSA) is 32.3 Å². The Morgan fingerprint density at radius 2 is 2.33 bits per heavy atom. The number of carbonyl (C=O) groups is 1. The molecule has 1 fully saturated rings. The zero-order valence-electron chi connectivity index (χ0n) is 9.83. The summed E-state index contributed by atoms with van der Waals surface area (Å²) in [6.07, 6.45) is 5.11. The maximum Gasteiger partial charge on any atom is 0.246 e. The van der Waals surface area contributed by atoms with Crippen molar-refractivity contribution in [1.29, 1.82) is 0 Å². The van der Waals surface area contributed by atoms with Crippen LogP contribution in [0.1, 0.15) is 33.1 Å². The van der Waals surface area contributed by atoms with E-state index >= 15 is 0 Å². The van der Waals surface area contributed by atoms with Gasteiger partial charge in [-0.1, -0.05) is 13.0 Å². The predicted molar refractivity (Wildman–Crippen MR) is 62.7 cm³/mol. The van der Waals surface area contributed by atoms with Crippen LogP contribution in [0, 0.1) is 0 Å². The third-order valence-electron chi connectivity index (χ3n) is 2.91. The average molecular weight is 210 g/mol. The van der Waals surface area contributed by atoms with Gasteiger partial charge in [0.25, 0.3) is 0 Å². The Kier molecular flexibility index (Phi) is 4.82. The highest BCUT2D eigenvalue weighted by Crippen LogP contribution is 2.10. The summed E-state index contributed by atoms with van der Waals surface area (Å²) in [5, 5.41) is 3.46. The minimum absolute atomic E-state index is 0.0392. The molecule has 0 aromatic carbocycles. The summed E-state index contributed by atoms with van der Waals surface area (Å²) in [4.78, 5) is 13.5. The Hall–Kier alpha value is -0.830. The van der Waals surface area contributed by atoms with E-state index in [1.807, 2.05) is 18.7 Å². The molecule has 0 aromatic heterocycles. The Morgan fingerprint density at radius 1 is 1.60 bits per heavy atom. The van der Waals surface area contributed by atoms with Crippen LogP contribution >= 0.6 is 0 Å². The molecule has 0 saturated carbocycles. The van der Waals surface area contributed by atoms with Gasteiger partial charge in [0.2, 0.25) is 5.91 Å². The predicted octanol–water partition coefficient (Wildman–Crippen LogP) is 1.55. The zero-order chi connectivity index (χ0) is 11.3. The van der Waals surface area contributed by atoms with E-state index in [0.717, 1.165) is 13.1 Å². The highest BCUT2D eigenvalue weighted by atomic mass is 16.2. The SMILES string of the molecule is C=CC(=O)N(CC1CCCCN1)C(C)C. The van der Waals surface area contributed by atoms with E-state index in [2.05, 4.69) is 11.9 Å². The van der Waals surface area contributed by atoms with Crippen molar-refractivity contribution in [2.45, 2.75) is 45.2 Å². The lowest BCUT2D eigenvalue weighted by Crippen LogP contribution is -2.47. The molecule has 1 heterocycles. The second kappa shape index (κ2) is 5.91. The van der Waals surface area contributed by atoms with Gasteiger partial charge in [0.05, 0.1) is 0 Å². The Labute approximate surface area is 92.5 Å². The van der Waals surface area contributed by atoms with Crippen LogP contribution in [-0.4, -0.2) is 36.0 Å². The van der Waals surface area contributed by atoms with E-state index in [9.17, 15) is 4.79 Å². The molecule has 15 heavy (non-hydrogen) atoms. The molecule has 3 heteroatoms. The first-order chi connectivity index (χ1) is 7.15. The molecule has 0 aliphatic carbocycles. The second-order valence-corrected chi connectivity index (χ2v) is 4.44. The van der Waals surface area contributed by atoms with Gasteiger partial charge in [-0.2, -0.15) is 0 Å². The van der Waals surface area contributed by atoms with Gasteiger partial charge in [-0.3, -0.25) is 4.79 Å². The van der Waals surface area contributed by atoms with E-state index in [1.54, 1.807) is 0 Å². The van der Waals surface area contributed by atoms with Gasteiger partial charge in [-0.25, -0.2) is 0 Å². The van der Waals surface area contributed by atoms with Crippen molar-refractivity contribution in [1.82, 2.24) is 10.2 Å². The molecule has 1 unspecified atom stereocenters. The Morgan fingerprint density at radius 3 is 2.80 bits per heavy atom. The molecule has 0 spiro atoms. The molecule has 0 bridgehead atoms. The molecule has 86 valence electrons. The van der Waals surface area contributed by atoms with Gasteiger partial charge >= 0.3 is 0 Å². The van der Waals surface area contributed by atoms with Crippen LogP contribution in [0.25, 0.3) is 0 Å². The van der Waals surface area contributed by atoms with Gasteiger partial charge in [-0.15, -0.1) is 0 Å². The summed E-state index contributed by atoms with van der Waals surface area (Å²) in [7, 11) is 0. The number of hydrogen-bond acceptors (Lipinski definition) is 2. The number of piperidine rings is 1. The fraction of sp³-hybridized carbons (Fsp3) is 0.750. The Bertz CT molecular complexity index is 220. The summed E-state index contributed by atoms with van der Waals surface area (Å²) < 4.78 is 0. The fourth-order valence-electron chi connectivity index (χ4n) is 1.99. The second-order valence-electron chi connectivity index (χ2n) is 4.44. The third-order valence-corrected chi connectivity index (χ3v) is 2.91. The van der Waals surface area contributed by atoms with E-state index in [4.69, 9.17) is 0 Å². The first-order valence-corrected chi connectivity index (χ1v) is 5.81. The highest BCUT2D eigenvalue weighted by molar-refractivity contribution is 5.87. The van der Waals surface area contributed by atoms with Crippen LogP contribution in [0.4, 0.5) is 0 Å². The molecule has 1 atom stereocenters. The maximum absolute atomic E-state index is 11.6. The van der Waals surface area contributed by atoms with Crippen molar-refractivity contribution >= 4 is 5.91 Å². The fourth-order valence-corrected chi connectivity index (χ4v) is 1.99. The van der Waals surface area contributed by atoms with Gasteiger partial charge in [0.1, 0.15) is 0 Å². The van der Waals surface area contributed by atoms with Crippen molar-refractivity contribution in [2.75, 3.05) is 13.1 Å². The average Bonchev–Trinajstić information content (AvgIpc) is 2.26. The molecular weight excluding hydrogens is 188 g/mol. The van der Waals surface area contributed by atoms with Gasteiger partial charge in [0.15, 0.2) is 0 Å². The van der Waals surface area contributed by atoms with Crippen LogP contribution in [0.3, 0.4) is 0 Å². The molecule has 1 aliphatic rings. The number of carbonyl (C=O) groups excluding carboxylic acids is 1. The zero-order valence-corrected chi connectivity index (χ0v) is 9.83. The molecule has 1 aliphatic heterocycles. The molecule has 1 N–H and O–H groups in total. The smallest absolute Gasteiger partial charge is 0.246 e. The number of hydrogen-bond donors (Lipinski definition) is 1. The molecule has 1 saturated heterocycles. The monoisotopic (exact) mass is 210 g/mol. The quantitative estimate of drug-likeness (QED) is 0.714. The lowest BCUT2D eigenvalue weighted by atomic mass is 10.0. The number of nitrogens with zero attached hydrogens (tertiary/aromatic N) is 1. The molecule has 0 aromatic rings. The van der Waals surface area contributed by atoms with Crippen molar-refractivity contribution in [3.8, 4) is 0 Å². The van der Waals surface area contributed by atoms with Crippen LogP contribution < -0.4 is 5.32 Å². The molecule has 1 rings (SSSR count). The first kappa shape index (κ1) is 12.2. The number of rotatable bonds is 4. The molecule has 1 amide bonds. The van der Waals surface area contributed by atoms with E-state index < -0.39 is 0 Å². The lowest BCUT2D eigenvalue weighted by molar-refractivity contribution is -0.128. The molecule has 3 nitrogen and oxygen atoms in total. The van der Waals surface area contributed by atoms with Crippen molar-refractivity contribution in [2.24, 2.45) is 0 Å². The van der Waals surface area contributed by atoms with Crippen LogP contribution in [0.5, 0.6) is 0 Å². The van der Waals surface area contributed by atoms with E-state index in [0.29, 0.717) is 6.04 Å². The van der Waals surface area contributed by atoms with E-state index in [-0.39, 0.29) is 11.9 Å². The normalized spacial score (nSPS) is 21.4. The summed E-state index contributed by atoms with van der Waals surface area (Å²) in [5.41, 5.74) is 0. The number of nitrogens with one attached hydrogen (secondary N) is 1. The minimum Gasteiger partial charge on any atom is -0.335 e. The summed E-state index contributed by atoms with van der Waals surface area (Å²) in [6, 6.07) is 0.712. The summed E-state index contributed by atoms with van der Waals surface area (Å²) in [6.45, 7) is 9.53. The van der Waals surface area contributed by atoms with E-state index in [1.165, 1.54) is 25.3 Å². The van der Waals surface area contributed by atoms with Crippen LogP contribution in [0.15, 0.2) is 12.7 Å².